The van der Waals surface area contributed by atoms with Gasteiger partial charge in [0.2, 0.25) is 5.91 Å². The van der Waals surface area contributed by atoms with Crippen molar-refractivity contribution in [1.29, 1.82) is 0 Å². The van der Waals surface area contributed by atoms with Gasteiger partial charge in [0.05, 0.1) is 6.54 Å². The highest BCUT2D eigenvalue weighted by Crippen LogP contribution is 2.24. The molecule has 2 atom stereocenters. The van der Waals surface area contributed by atoms with Crippen LogP contribution >= 0.6 is 0 Å². The summed E-state index contributed by atoms with van der Waals surface area (Å²) in [5.41, 5.74) is 0. The molecule has 0 bridgehead atoms. The fraction of sp³-hybridized carbons (Fsp3) is 0.900. The van der Waals surface area contributed by atoms with Crippen LogP contribution in [0.5, 0.6) is 0 Å². The lowest BCUT2D eigenvalue weighted by molar-refractivity contribution is -0.137. The largest absolute Gasteiger partial charge is 0.405 e. The Labute approximate surface area is 92.8 Å². The van der Waals surface area contributed by atoms with Crippen molar-refractivity contribution in [3.8, 4) is 0 Å². The fourth-order valence-electron chi connectivity index (χ4n) is 1.89. The van der Waals surface area contributed by atoms with Crippen LogP contribution in [0.3, 0.4) is 0 Å². The molecule has 0 spiro atoms. The summed E-state index contributed by atoms with van der Waals surface area (Å²) >= 11 is 0. The number of alkyl halides is 3. The van der Waals surface area contributed by atoms with Crippen LogP contribution in [-0.2, 0) is 4.79 Å². The number of amides is 1. The Morgan fingerprint density at radius 2 is 2.06 bits per heavy atom. The second-order valence-corrected chi connectivity index (χ2v) is 4.39. The first-order chi connectivity index (χ1) is 7.37. The number of hydrogen-bond donors (Lipinski definition) is 2. The SMILES string of the molecule is CC1CCC(NCC(=O)NCC(F)(F)F)C1. The Hall–Kier alpha value is -0.780. The average molecular weight is 238 g/mol. The molecule has 0 aromatic heterocycles. The Morgan fingerprint density at radius 3 is 2.56 bits per heavy atom. The zero-order valence-electron chi connectivity index (χ0n) is 9.23. The molecule has 0 radical (unpaired) electrons. The number of rotatable bonds is 4. The molecule has 0 aromatic rings. The molecule has 3 nitrogen and oxygen atoms in total. The molecule has 1 fully saturated rings. The van der Waals surface area contributed by atoms with Crippen LogP contribution in [0.25, 0.3) is 0 Å². The van der Waals surface area contributed by atoms with Crippen LogP contribution in [-0.4, -0.2) is 31.2 Å². The smallest absolute Gasteiger partial charge is 0.346 e. The number of nitrogens with one attached hydrogen (secondary N) is 2. The fourth-order valence-corrected chi connectivity index (χ4v) is 1.89. The van der Waals surface area contributed by atoms with Gasteiger partial charge in [0, 0.05) is 6.04 Å². The highest BCUT2D eigenvalue weighted by atomic mass is 19.4. The van der Waals surface area contributed by atoms with E-state index < -0.39 is 18.6 Å². The lowest BCUT2D eigenvalue weighted by Gasteiger charge is -2.13. The third-order valence-corrected chi connectivity index (χ3v) is 2.73. The van der Waals surface area contributed by atoms with Gasteiger partial charge in [0.1, 0.15) is 6.54 Å². The van der Waals surface area contributed by atoms with Crippen LogP contribution < -0.4 is 10.6 Å². The topological polar surface area (TPSA) is 41.1 Å². The van der Waals surface area contributed by atoms with E-state index in [0.29, 0.717) is 5.92 Å². The first kappa shape index (κ1) is 13.3. The molecule has 1 saturated carbocycles. The van der Waals surface area contributed by atoms with Gasteiger partial charge in [-0.05, 0) is 25.2 Å². The summed E-state index contributed by atoms with van der Waals surface area (Å²) in [5.74, 6) is 0.0348. The van der Waals surface area contributed by atoms with Gasteiger partial charge < -0.3 is 10.6 Å². The van der Waals surface area contributed by atoms with Crippen LogP contribution in [0.1, 0.15) is 26.2 Å². The third-order valence-electron chi connectivity index (χ3n) is 2.73. The van der Waals surface area contributed by atoms with E-state index in [2.05, 4.69) is 12.2 Å². The van der Waals surface area contributed by atoms with Gasteiger partial charge >= 0.3 is 6.18 Å². The number of carbonyl (C=O) groups is 1. The maximum absolute atomic E-state index is 11.8. The number of halogens is 3. The molecule has 0 aromatic carbocycles. The monoisotopic (exact) mass is 238 g/mol. The molecule has 1 aliphatic carbocycles. The summed E-state index contributed by atoms with van der Waals surface area (Å²) in [5, 5.41) is 4.80. The highest BCUT2D eigenvalue weighted by molar-refractivity contribution is 5.78. The summed E-state index contributed by atoms with van der Waals surface area (Å²) in [6.07, 6.45) is -1.24. The zero-order valence-corrected chi connectivity index (χ0v) is 9.23. The molecule has 16 heavy (non-hydrogen) atoms. The summed E-state index contributed by atoms with van der Waals surface area (Å²) in [4.78, 5) is 11.1. The second-order valence-electron chi connectivity index (χ2n) is 4.39. The first-order valence-corrected chi connectivity index (χ1v) is 5.43. The molecular weight excluding hydrogens is 221 g/mol. The highest BCUT2D eigenvalue weighted by Gasteiger charge is 2.28. The van der Waals surface area contributed by atoms with E-state index in [0.717, 1.165) is 19.3 Å². The van der Waals surface area contributed by atoms with Crippen LogP contribution in [0.15, 0.2) is 0 Å². The lowest BCUT2D eigenvalue weighted by Crippen LogP contribution is -2.41. The van der Waals surface area contributed by atoms with E-state index in [9.17, 15) is 18.0 Å². The third kappa shape index (κ3) is 5.34. The molecule has 0 saturated heterocycles. The summed E-state index contributed by atoms with van der Waals surface area (Å²) in [7, 11) is 0. The molecular formula is C10H17F3N2O. The minimum absolute atomic E-state index is 0.0343. The molecule has 94 valence electrons. The number of carbonyl (C=O) groups excluding carboxylic acids is 1. The summed E-state index contributed by atoms with van der Waals surface area (Å²) in [6, 6.07) is 0.270. The van der Waals surface area contributed by atoms with Gasteiger partial charge in [-0.3, -0.25) is 4.79 Å². The predicted molar refractivity (Wildman–Crippen MR) is 53.9 cm³/mol. The summed E-state index contributed by atoms with van der Waals surface area (Å²) in [6.45, 7) is 0.841. The Morgan fingerprint density at radius 1 is 1.38 bits per heavy atom. The normalized spacial score (nSPS) is 25.8. The van der Waals surface area contributed by atoms with Crippen LogP contribution in [0.4, 0.5) is 13.2 Å². The molecule has 2 N–H and O–H groups in total. The van der Waals surface area contributed by atoms with Gasteiger partial charge in [-0.15, -0.1) is 0 Å². The molecule has 0 heterocycles. The first-order valence-electron chi connectivity index (χ1n) is 5.43. The minimum Gasteiger partial charge on any atom is -0.346 e. The van der Waals surface area contributed by atoms with E-state index in [1.165, 1.54) is 0 Å². The maximum atomic E-state index is 11.8. The van der Waals surface area contributed by atoms with Crippen LogP contribution in [0, 0.1) is 5.92 Å². The van der Waals surface area contributed by atoms with Gasteiger partial charge in [0.15, 0.2) is 0 Å². The van der Waals surface area contributed by atoms with E-state index in [-0.39, 0.29) is 12.6 Å². The lowest BCUT2D eigenvalue weighted by atomic mass is 10.1. The standard InChI is InChI=1S/C10H17F3N2O/c1-7-2-3-8(4-7)14-5-9(16)15-6-10(11,12)13/h7-8,14H,2-6H2,1H3,(H,15,16). The number of hydrogen-bond acceptors (Lipinski definition) is 2. The Balaban J connectivity index is 2.11. The molecule has 1 amide bonds. The van der Waals surface area contributed by atoms with Crippen molar-refractivity contribution in [2.24, 2.45) is 5.92 Å². The maximum Gasteiger partial charge on any atom is 0.405 e. The van der Waals surface area contributed by atoms with Crippen molar-refractivity contribution < 1.29 is 18.0 Å². The second kappa shape index (κ2) is 5.52. The van der Waals surface area contributed by atoms with E-state index in [1.807, 2.05) is 5.32 Å². The Kier molecular flexibility index (Phi) is 4.58. The molecule has 2 unspecified atom stereocenters. The molecule has 1 aliphatic rings. The van der Waals surface area contributed by atoms with Crippen molar-refractivity contribution >= 4 is 5.91 Å². The van der Waals surface area contributed by atoms with Crippen molar-refractivity contribution in [3.05, 3.63) is 0 Å². The van der Waals surface area contributed by atoms with Gasteiger partial charge in [-0.1, -0.05) is 6.92 Å². The van der Waals surface area contributed by atoms with Crippen molar-refractivity contribution in [1.82, 2.24) is 10.6 Å². The molecule has 0 aliphatic heterocycles. The molecule has 1 rings (SSSR count). The van der Waals surface area contributed by atoms with Crippen molar-refractivity contribution in [2.45, 2.75) is 38.4 Å². The van der Waals surface area contributed by atoms with E-state index in [1.54, 1.807) is 0 Å². The van der Waals surface area contributed by atoms with E-state index >= 15 is 0 Å². The predicted octanol–water partition coefficient (Wildman–Crippen LogP) is 1.44. The zero-order chi connectivity index (χ0) is 12.2. The molecule has 6 heteroatoms. The van der Waals surface area contributed by atoms with E-state index in [4.69, 9.17) is 0 Å². The quantitative estimate of drug-likeness (QED) is 0.778. The van der Waals surface area contributed by atoms with Crippen LogP contribution in [0.2, 0.25) is 0 Å². The minimum atomic E-state index is -4.34. The van der Waals surface area contributed by atoms with Gasteiger partial charge in [-0.2, -0.15) is 13.2 Å². The van der Waals surface area contributed by atoms with Crippen molar-refractivity contribution in [2.75, 3.05) is 13.1 Å². The Bertz CT molecular complexity index is 243. The van der Waals surface area contributed by atoms with Gasteiger partial charge in [0.25, 0.3) is 0 Å². The average Bonchev–Trinajstić information content (AvgIpc) is 2.57. The summed E-state index contributed by atoms with van der Waals surface area (Å²) < 4.78 is 35.3. The van der Waals surface area contributed by atoms with Crippen molar-refractivity contribution in [3.63, 3.8) is 0 Å². The van der Waals surface area contributed by atoms with Gasteiger partial charge in [-0.25, -0.2) is 0 Å².